The van der Waals surface area contributed by atoms with Gasteiger partial charge in [-0.1, -0.05) is 6.07 Å². The van der Waals surface area contributed by atoms with Gasteiger partial charge in [0.05, 0.1) is 10.7 Å². The van der Waals surface area contributed by atoms with Crippen LogP contribution >= 0.6 is 35.3 Å². The number of hydrogen-bond acceptors (Lipinski definition) is 3. The number of anilines is 1. The van der Waals surface area contributed by atoms with Crippen LogP contribution in [0.2, 0.25) is 0 Å². The van der Waals surface area contributed by atoms with Crippen molar-refractivity contribution in [2.24, 2.45) is 10.7 Å². The first kappa shape index (κ1) is 17.9. The number of aliphatic imine (C=N–C) groups is 1. The van der Waals surface area contributed by atoms with Crippen molar-refractivity contribution >= 4 is 47.0 Å². The summed E-state index contributed by atoms with van der Waals surface area (Å²) < 4.78 is 0. The van der Waals surface area contributed by atoms with E-state index in [0.29, 0.717) is 12.5 Å². The van der Waals surface area contributed by atoms with Gasteiger partial charge in [-0.25, -0.2) is 4.98 Å². The van der Waals surface area contributed by atoms with Crippen molar-refractivity contribution in [3.05, 3.63) is 45.4 Å². The van der Waals surface area contributed by atoms with E-state index in [1.165, 1.54) is 11.1 Å². The quantitative estimate of drug-likeness (QED) is 0.454. The molecule has 0 radical (unpaired) electrons. The molecule has 1 aromatic carbocycles. The van der Waals surface area contributed by atoms with Crippen molar-refractivity contribution in [3.8, 4) is 0 Å². The Labute approximate surface area is 146 Å². The lowest BCUT2D eigenvalue weighted by atomic mass is 10.1. The molecule has 21 heavy (non-hydrogen) atoms. The predicted molar refractivity (Wildman–Crippen MR) is 102 cm³/mol. The standard InChI is InChI=1S/C15H20N4S.HI/c1-10-6-11(2)8-14(7-10)19-15(16)17-5-4-13-9-20-12(3)18-13;/h6-9H,4-5H2,1-3H3,(H3,16,17,19);1H. The number of benzene rings is 1. The Hall–Kier alpha value is -1.15. The zero-order valence-corrected chi connectivity index (χ0v) is 15.7. The van der Waals surface area contributed by atoms with Crippen LogP contribution in [-0.2, 0) is 6.42 Å². The molecule has 0 saturated heterocycles. The Bertz CT molecular complexity index is 602. The van der Waals surface area contributed by atoms with E-state index in [0.717, 1.165) is 22.8 Å². The largest absolute Gasteiger partial charge is 0.370 e. The molecular formula is C15H21IN4S. The van der Waals surface area contributed by atoms with Gasteiger partial charge >= 0.3 is 0 Å². The molecule has 1 aromatic heterocycles. The summed E-state index contributed by atoms with van der Waals surface area (Å²) >= 11 is 1.66. The van der Waals surface area contributed by atoms with Crippen LogP contribution in [0, 0.1) is 20.8 Å². The normalized spacial score (nSPS) is 11.1. The van der Waals surface area contributed by atoms with Crippen molar-refractivity contribution in [1.29, 1.82) is 0 Å². The summed E-state index contributed by atoms with van der Waals surface area (Å²) in [6.07, 6.45) is 0.819. The Balaban J connectivity index is 0.00000220. The van der Waals surface area contributed by atoms with Crippen molar-refractivity contribution in [2.75, 3.05) is 11.9 Å². The predicted octanol–water partition coefficient (Wildman–Crippen LogP) is 3.66. The van der Waals surface area contributed by atoms with Crippen molar-refractivity contribution in [3.63, 3.8) is 0 Å². The van der Waals surface area contributed by atoms with E-state index in [2.05, 4.69) is 52.7 Å². The number of aryl methyl sites for hydroxylation is 3. The number of nitrogens with zero attached hydrogens (tertiary/aromatic N) is 2. The van der Waals surface area contributed by atoms with E-state index in [1.807, 2.05) is 6.92 Å². The maximum absolute atomic E-state index is 5.90. The molecule has 0 aliphatic heterocycles. The summed E-state index contributed by atoms with van der Waals surface area (Å²) in [6, 6.07) is 6.24. The first-order valence-corrected chi connectivity index (χ1v) is 7.47. The van der Waals surface area contributed by atoms with Crippen molar-refractivity contribution < 1.29 is 0 Å². The molecule has 0 atom stereocenters. The lowest BCUT2D eigenvalue weighted by Crippen LogP contribution is -2.23. The van der Waals surface area contributed by atoms with Gasteiger partial charge in [-0.2, -0.15) is 0 Å². The molecule has 0 unspecified atom stereocenters. The summed E-state index contributed by atoms with van der Waals surface area (Å²) in [5.41, 5.74) is 10.4. The highest BCUT2D eigenvalue weighted by atomic mass is 127. The maximum atomic E-state index is 5.90. The average molecular weight is 416 g/mol. The van der Waals surface area contributed by atoms with E-state index >= 15 is 0 Å². The van der Waals surface area contributed by atoms with Gasteiger partial charge in [-0.3, -0.25) is 4.99 Å². The van der Waals surface area contributed by atoms with Crippen LogP contribution in [0.4, 0.5) is 5.69 Å². The highest BCUT2D eigenvalue weighted by Gasteiger charge is 1.99. The Morgan fingerprint density at radius 3 is 2.48 bits per heavy atom. The van der Waals surface area contributed by atoms with Gasteiger partial charge in [0.1, 0.15) is 0 Å². The lowest BCUT2D eigenvalue weighted by Gasteiger charge is -2.07. The molecule has 0 saturated carbocycles. The second kappa shape index (κ2) is 8.33. The fourth-order valence-corrected chi connectivity index (χ4v) is 2.70. The monoisotopic (exact) mass is 416 g/mol. The number of rotatable bonds is 4. The molecule has 0 spiro atoms. The minimum Gasteiger partial charge on any atom is -0.370 e. The molecule has 4 nitrogen and oxygen atoms in total. The number of nitrogens with two attached hydrogens (primary N) is 1. The highest BCUT2D eigenvalue weighted by Crippen LogP contribution is 2.13. The molecule has 0 aliphatic carbocycles. The number of guanidine groups is 1. The van der Waals surface area contributed by atoms with Gasteiger partial charge in [0, 0.05) is 24.0 Å². The first-order valence-electron chi connectivity index (χ1n) is 6.59. The van der Waals surface area contributed by atoms with Crippen LogP contribution in [0.25, 0.3) is 0 Å². The number of halogens is 1. The molecule has 0 aliphatic rings. The average Bonchev–Trinajstić information content (AvgIpc) is 2.73. The van der Waals surface area contributed by atoms with Crippen LogP contribution < -0.4 is 11.1 Å². The smallest absolute Gasteiger partial charge is 0.193 e. The molecule has 1 heterocycles. The summed E-state index contributed by atoms with van der Waals surface area (Å²) in [5.74, 6) is 0.446. The number of hydrogen-bond donors (Lipinski definition) is 2. The Morgan fingerprint density at radius 2 is 1.90 bits per heavy atom. The molecule has 114 valence electrons. The third-order valence-corrected chi connectivity index (χ3v) is 3.63. The van der Waals surface area contributed by atoms with E-state index < -0.39 is 0 Å². The van der Waals surface area contributed by atoms with E-state index in [4.69, 9.17) is 5.73 Å². The number of aromatic nitrogens is 1. The maximum Gasteiger partial charge on any atom is 0.193 e. The SMILES string of the molecule is Cc1cc(C)cc(NC(N)=NCCc2csc(C)n2)c1.I. The molecule has 6 heteroatoms. The fraction of sp³-hybridized carbons (Fsp3) is 0.333. The topological polar surface area (TPSA) is 63.3 Å². The van der Waals surface area contributed by atoms with Gasteiger partial charge in [-0.05, 0) is 44.0 Å². The Morgan fingerprint density at radius 1 is 1.24 bits per heavy atom. The van der Waals surface area contributed by atoms with Crippen LogP contribution in [0.3, 0.4) is 0 Å². The van der Waals surface area contributed by atoms with Gasteiger partial charge in [0.25, 0.3) is 0 Å². The van der Waals surface area contributed by atoms with Crippen molar-refractivity contribution in [2.45, 2.75) is 27.2 Å². The summed E-state index contributed by atoms with van der Waals surface area (Å²) in [7, 11) is 0. The van der Waals surface area contributed by atoms with Crippen LogP contribution in [0.5, 0.6) is 0 Å². The van der Waals surface area contributed by atoms with Crippen LogP contribution in [0.15, 0.2) is 28.6 Å². The zero-order valence-electron chi connectivity index (χ0n) is 12.5. The highest BCUT2D eigenvalue weighted by molar-refractivity contribution is 14.0. The minimum atomic E-state index is 0. The van der Waals surface area contributed by atoms with Crippen LogP contribution in [0.1, 0.15) is 21.8 Å². The summed E-state index contributed by atoms with van der Waals surface area (Å²) in [4.78, 5) is 8.73. The zero-order chi connectivity index (χ0) is 14.5. The summed E-state index contributed by atoms with van der Waals surface area (Å²) in [6.45, 7) is 6.78. The molecule has 3 N–H and O–H groups in total. The lowest BCUT2D eigenvalue weighted by molar-refractivity contribution is 0.927. The van der Waals surface area contributed by atoms with E-state index in [1.54, 1.807) is 11.3 Å². The molecule has 0 amide bonds. The molecule has 2 rings (SSSR count). The minimum absolute atomic E-state index is 0. The molecular weight excluding hydrogens is 395 g/mol. The second-order valence-corrected chi connectivity index (χ2v) is 5.94. The van der Waals surface area contributed by atoms with E-state index in [9.17, 15) is 0 Å². The molecule has 0 bridgehead atoms. The number of nitrogens with one attached hydrogen (secondary N) is 1. The molecule has 0 fully saturated rings. The van der Waals surface area contributed by atoms with Gasteiger partial charge in [0.15, 0.2) is 5.96 Å². The van der Waals surface area contributed by atoms with Gasteiger partial charge < -0.3 is 11.1 Å². The van der Waals surface area contributed by atoms with Crippen molar-refractivity contribution in [1.82, 2.24) is 4.98 Å². The third kappa shape index (κ3) is 6.01. The fourth-order valence-electron chi connectivity index (χ4n) is 2.05. The van der Waals surface area contributed by atoms with Crippen LogP contribution in [-0.4, -0.2) is 17.5 Å². The number of thiazole rings is 1. The Kier molecular flexibility index (Phi) is 7.10. The van der Waals surface area contributed by atoms with Gasteiger partial charge in [0.2, 0.25) is 0 Å². The van der Waals surface area contributed by atoms with E-state index in [-0.39, 0.29) is 24.0 Å². The van der Waals surface area contributed by atoms with Gasteiger partial charge in [-0.15, -0.1) is 35.3 Å². The second-order valence-electron chi connectivity index (χ2n) is 4.88. The summed E-state index contributed by atoms with van der Waals surface area (Å²) in [5, 5.41) is 6.28. The molecule has 2 aromatic rings. The third-order valence-electron chi connectivity index (χ3n) is 2.81. The first-order chi connectivity index (χ1) is 9.52.